The molecule has 2 heterocycles. The number of rotatable bonds is 5. The predicted octanol–water partition coefficient (Wildman–Crippen LogP) is 3.39. The van der Waals surface area contributed by atoms with Crippen molar-refractivity contribution >= 4 is 11.3 Å². The van der Waals surface area contributed by atoms with Gasteiger partial charge in [0.1, 0.15) is 0 Å². The predicted molar refractivity (Wildman–Crippen MR) is 84.9 cm³/mol. The first kappa shape index (κ1) is 15.0. The highest BCUT2D eigenvalue weighted by Gasteiger charge is 2.26. The van der Waals surface area contributed by atoms with Crippen LogP contribution < -0.4 is 5.32 Å². The van der Waals surface area contributed by atoms with Gasteiger partial charge in [-0.3, -0.25) is 4.90 Å². The Morgan fingerprint density at radius 1 is 1.47 bits per heavy atom. The van der Waals surface area contributed by atoms with Gasteiger partial charge < -0.3 is 5.32 Å². The van der Waals surface area contributed by atoms with Crippen molar-refractivity contribution in [3.8, 4) is 0 Å². The van der Waals surface area contributed by atoms with Crippen LogP contribution in [0.4, 0.5) is 0 Å². The highest BCUT2D eigenvalue weighted by molar-refractivity contribution is 7.07. The van der Waals surface area contributed by atoms with Gasteiger partial charge in [0.15, 0.2) is 0 Å². The monoisotopic (exact) mass is 280 g/mol. The lowest BCUT2D eigenvalue weighted by Gasteiger charge is -2.26. The molecular weight excluding hydrogens is 252 g/mol. The summed E-state index contributed by atoms with van der Waals surface area (Å²) in [4.78, 5) is 2.66. The molecule has 3 heteroatoms. The van der Waals surface area contributed by atoms with Crippen LogP contribution in [0.25, 0.3) is 0 Å². The molecular formula is C16H28N2S. The number of likely N-dealkylation sites (tertiary alicyclic amines) is 1. The molecule has 1 aliphatic heterocycles. The molecule has 0 saturated carbocycles. The van der Waals surface area contributed by atoms with Crippen LogP contribution in [0.3, 0.4) is 0 Å². The standard InChI is InChI=1S/C16H28N2S/c1-13(9-14-6-8-19-12-14)18-7-5-15(11-18)10-17-16(2,3)4/h6,8,12-13,15,17H,5,7,9-11H2,1-4H3. The summed E-state index contributed by atoms with van der Waals surface area (Å²) < 4.78 is 0. The van der Waals surface area contributed by atoms with Crippen molar-refractivity contribution in [2.24, 2.45) is 5.92 Å². The minimum atomic E-state index is 0.246. The van der Waals surface area contributed by atoms with E-state index in [4.69, 9.17) is 0 Å². The number of hydrogen-bond donors (Lipinski definition) is 1. The molecule has 2 atom stereocenters. The molecule has 0 aromatic carbocycles. The number of hydrogen-bond acceptors (Lipinski definition) is 3. The van der Waals surface area contributed by atoms with Crippen molar-refractivity contribution < 1.29 is 0 Å². The van der Waals surface area contributed by atoms with Crippen LogP contribution in [-0.4, -0.2) is 36.1 Å². The second-order valence-electron chi connectivity index (χ2n) is 6.97. The largest absolute Gasteiger partial charge is 0.312 e. The second kappa shape index (κ2) is 6.38. The van der Waals surface area contributed by atoms with Crippen LogP contribution in [-0.2, 0) is 6.42 Å². The zero-order valence-electron chi connectivity index (χ0n) is 12.8. The Balaban J connectivity index is 1.75. The molecule has 0 amide bonds. The van der Waals surface area contributed by atoms with Crippen LogP contribution >= 0.6 is 11.3 Å². The molecule has 1 N–H and O–H groups in total. The fraction of sp³-hybridized carbons (Fsp3) is 0.750. The summed E-state index contributed by atoms with van der Waals surface area (Å²) in [6.07, 6.45) is 2.54. The minimum absolute atomic E-state index is 0.246. The van der Waals surface area contributed by atoms with Crippen molar-refractivity contribution in [3.63, 3.8) is 0 Å². The van der Waals surface area contributed by atoms with Gasteiger partial charge in [0, 0.05) is 18.1 Å². The van der Waals surface area contributed by atoms with Gasteiger partial charge in [-0.25, -0.2) is 0 Å². The van der Waals surface area contributed by atoms with E-state index in [0.717, 1.165) is 12.5 Å². The maximum atomic E-state index is 3.64. The average molecular weight is 280 g/mol. The Hall–Kier alpha value is -0.380. The van der Waals surface area contributed by atoms with E-state index in [1.807, 2.05) is 0 Å². The van der Waals surface area contributed by atoms with Crippen molar-refractivity contribution in [2.45, 2.75) is 52.1 Å². The van der Waals surface area contributed by atoms with Crippen molar-refractivity contribution in [2.75, 3.05) is 19.6 Å². The average Bonchev–Trinajstić information content (AvgIpc) is 2.95. The van der Waals surface area contributed by atoms with Crippen LogP contribution in [0.1, 0.15) is 39.7 Å². The molecule has 108 valence electrons. The van der Waals surface area contributed by atoms with Crippen molar-refractivity contribution in [1.29, 1.82) is 0 Å². The zero-order valence-corrected chi connectivity index (χ0v) is 13.6. The third-order valence-corrected chi connectivity index (χ3v) is 4.70. The molecule has 0 spiro atoms. The number of thiophene rings is 1. The molecule has 2 nitrogen and oxygen atoms in total. The maximum absolute atomic E-state index is 3.64. The van der Waals surface area contributed by atoms with E-state index in [-0.39, 0.29) is 5.54 Å². The van der Waals surface area contributed by atoms with E-state index in [2.05, 4.69) is 54.7 Å². The Morgan fingerprint density at radius 2 is 2.26 bits per heavy atom. The van der Waals surface area contributed by atoms with Crippen LogP contribution in [0, 0.1) is 5.92 Å². The third kappa shape index (κ3) is 4.90. The SMILES string of the molecule is CC(Cc1ccsc1)N1CCC(CNC(C)(C)C)C1. The lowest BCUT2D eigenvalue weighted by atomic mass is 10.1. The van der Waals surface area contributed by atoms with E-state index in [1.54, 1.807) is 11.3 Å². The minimum Gasteiger partial charge on any atom is -0.312 e. The van der Waals surface area contributed by atoms with Gasteiger partial charge in [-0.15, -0.1) is 0 Å². The van der Waals surface area contributed by atoms with Crippen LogP contribution in [0.15, 0.2) is 16.8 Å². The van der Waals surface area contributed by atoms with E-state index >= 15 is 0 Å². The quantitative estimate of drug-likeness (QED) is 0.889. The number of nitrogens with zero attached hydrogens (tertiary/aromatic N) is 1. The first-order chi connectivity index (χ1) is 8.94. The van der Waals surface area contributed by atoms with Crippen molar-refractivity contribution in [1.82, 2.24) is 10.2 Å². The summed E-state index contributed by atoms with van der Waals surface area (Å²) in [5, 5.41) is 8.11. The first-order valence-electron chi connectivity index (χ1n) is 7.44. The van der Waals surface area contributed by atoms with Gasteiger partial charge in [-0.2, -0.15) is 11.3 Å². The summed E-state index contributed by atoms with van der Waals surface area (Å²) in [7, 11) is 0. The summed E-state index contributed by atoms with van der Waals surface area (Å²) in [6.45, 7) is 12.8. The number of nitrogens with one attached hydrogen (secondary N) is 1. The molecule has 0 radical (unpaired) electrons. The normalized spacial score (nSPS) is 22.8. The van der Waals surface area contributed by atoms with Crippen LogP contribution in [0.5, 0.6) is 0 Å². The summed E-state index contributed by atoms with van der Waals surface area (Å²) >= 11 is 1.81. The lowest BCUT2D eigenvalue weighted by Crippen LogP contribution is -2.40. The highest BCUT2D eigenvalue weighted by Crippen LogP contribution is 2.21. The van der Waals surface area contributed by atoms with Gasteiger partial charge in [-0.1, -0.05) is 0 Å². The van der Waals surface area contributed by atoms with Gasteiger partial charge in [0.05, 0.1) is 0 Å². The Kier molecular flexibility index (Phi) is 5.04. The van der Waals surface area contributed by atoms with E-state index in [9.17, 15) is 0 Å². The molecule has 1 fully saturated rings. The topological polar surface area (TPSA) is 15.3 Å². The maximum Gasteiger partial charge on any atom is 0.0108 e. The van der Waals surface area contributed by atoms with Gasteiger partial charge >= 0.3 is 0 Å². The second-order valence-corrected chi connectivity index (χ2v) is 7.75. The molecule has 0 bridgehead atoms. The highest BCUT2D eigenvalue weighted by atomic mass is 32.1. The van der Waals surface area contributed by atoms with Crippen LogP contribution in [0.2, 0.25) is 0 Å². The lowest BCUT2D eigenvalue weighted by molar-refractivity contribution is 0.244. The molecule has 1 aliphatic rings. The third-order valence-electron chi connectivity index (χ3n) is 3.97. The fourth-order valence-corrected chi connectivity index (χ4v) is 3.44. The Bertz CT molecular complexity index is 367. The molecule has 1 aromatic heterocycles. The zero-order chi connectivity index (χ0) is 13.9. The van der Waals surface area contributed by atoms with Gasteiger partial charge in [0.2, 0.25) is 0 Å². The van der Waals surface area contributed by atoms with E-state index in [1.165, 1.54) is 31.5 Å². The first-order valence-corrected chi connectivity index (χ1v) is 8.38. The smallest absolute Gasteiger partial charge is 0.0108 e. The van der Waals surface area contributed by atoms with Gasteiger partial charge in [-0.05, 0) is 81.9 Å². The molecule has 19 heavy (non-hydrogen) atoms. The fourth-order valence-electron chi connectivity index (χ4n) is 2.76. The van der Waals surface area contributed by atoms with Crippen molar-refractivity contribution in [3.05, 3.63) is 22.4 Å². The molecule has 2 rings (SSSR count). The van der Waals surface area contributed by atoms with Gasteiger partial charge in [0.25, 0.3) is 0 Å². The molecule has 0 aliphatic carbocycles. The summed E-state index contributed by atoms with van der Waals surface area (Å²) in [5.74, 6) is 0.823. The van der Waals surface area contributed by atoms with E-state index < -0.39 is 0 Å². The molecule has 1 aromatic rings. The van der Waals surface area contributed by atoms with E-state index in [0.29, 0.717) is 6.04 Å². The Morgan fingerprint density at radius 3 is 2.89 bits per heavy atom. The molecule has 1 saturated heterocycles. The molecule has 2 unspecified atom stereocenters. The summed E-state index contributed by atoms with van der Waals surface area (Å²) in [5.41, 5.74) is 1.74. The Labute approximate surface area is 122 Å². The summed E-state index contributed by atoms with van der Waals surface area (Å²) in [6, 6.07) is 2.94.